The third kappa shape index (κ3) is 6.81. The van der Waals surface area contributed by atoms with Crippen molar-refractivity contribution in [2.75, 3.05) is 11.9 Å². The third-order valence-electron chi connectivity index (χ3n) is 5.01. The third-order valence-corrected chi connectivity index (χ3v) is 6.39. The number of unbranched alkanes of at least 4 members (excludes halogenated alkanes) is 2. The molecule has 6 nitrogen and oxygen atoms in total. The Balaban J connectivity index is 1.76. The molecule has 0 aliphatic rings. The minimum atomic E-state index is -1.11. The second-order valence-electron chi connectivity index (χ2n) is 7.65. The second-order valence-corrected chi connectivity index (χ2v) is 9.32. The Labute approximate surface area is 216 Å². The van der Waals surface area contributed by atoms with Gasteiger partial charge in [-0.3, -0.25) is 10.1 Å². The lowest BCUT2D eigenvalue weighted by atomic mass is 10.1. The predicted octanol–water partition coefficient (Wildman–Crippen LogP) is 7.57. The molecule has 184 valence electrons. The first kappa shape index (κ1) is 26.7. The molecule has 0 bridgehead atoms. The molecule has 10 heteroatoms. The molecular formula is C25H23Cl2FN2O4S. The van der Waals surface area contributed by atoms with Crippen molar-refractivity contribution in [3.05, 3.63) is 68.3 Å². The highest BCUT2D eigenvalue weighted by Gasteiger charge is 2.17. The number of carbonyl (C=O) groups is 2. The van der Waals surface area contributed by atoms with Crippen molar-refractivity contribution in [1.82, 2.24) is 4.98 Å². The zero-order chi connectivity index (χ0) is 25.5. The van der Waals surface area contributed by atoms with E-state index in [9.17, 15) is 14.0 Å². The number of aliphatic carboxylic acids is 1. The largest absolute Gasteiger partial charge is 0.490 e. The summed E-state index contributed by atoms with van der Waals surface area (Å²) in [5, 5.41) is 13.9. The summed E-state index contributed by atoms with van der Waals surface area (Å²) in [5.74, 6) is -1.97. The van der Waals surface area contributed by atoms with Gasteiger partial charge in [0.25, 0.3) is 5.91 Å². The number of thiazole rings is 1. The molecule has 0 saturated heterocycles. The molecule has 1 aromatic heterocycles. The van der Waals surface area contributed by atoms with Crippen LogP contribution in [0.2, 0.25) is 10.0 Å². The molecule has 1 amide bonds. The smallest absolute Gasteiger partial charge is 0.331 e. The highest BCUT2D eigenvalue weighted by atomic mass is 35.5. The van der Waals surface area contributed by atoms with Crippen molar-refractivity contribution < 1.29 is 23.8 Å². The lowest BCUT2D eigenvalue weighted by Gasteiger charge is -2.09. The van der Waals surface area contributed by atoms with E-state index in [2.05, 4.69) is 17.2 Å². The van der Waals surface area contributed by atoms with Crippen LogP contribution in [0.3, 0.4) is 0 Å². The number of carboxylic acid groups (broad SMARTS) is 1. The zero-order valence-electron chi connectivity index (χ0n) is 19.0. The van der Waals surface area contributed by atoms with E-state index in [1.54, 1.807) is 23.6 Å². The fourth-order valence-corrected chi connectivity index (χ4v) is 4.41. The fourth-order valence-electron chi connectivity index (χ4n) is 3.11. The molecule has 0 aliphatic carbocycles. The van der Waals surface area contributed by atoms with E-state index < -0.39 is 17.7 Å². The Kier molecular flexibility index (Phi) is 9.26. The maximum absolute atomic E-state index is 15.0. The standard InChI is InChI=1S/C25H23Cl2FN2O4S/c1-3-4-5-9-34-21-8-6-7-16(22(21)28)20-13-35-25(29-20)30-23(31)15-11-18(26)17(19(27)12-15)10-14(2)24(32)33/h6-8,10-13H,3-5,9H2,1-2H3,(H,32,33)(H,29,30,31)/b14-10-. The number of benzene rings is 2. The average molecular weight is 537 g/mol. The lowest BCUT2D eigenvalue weighted by molar-refractivity contribution is -0.132. The molecule has 35 heavy (non-hydrogen) atoms. The summed E-state index contributed by atoms with van der Waals surface area (Å²) in [6.07, 6.45) is 4.23. The number of ether oxygens (including phenoxy) is 1. The van der Waals surface area contributed by atoms with Crippen LogP contribution in [-0.2, 0) is 4.79 Å². The van der Waals surface area contributed by atoms with E-state index in [0.29, 0.717) is 17.9 Å². The summed E-state index contributed by atoms with van der Waals surface area (Å²) in [4.78, 5) is 28.1. The molecule has 0 aliphatic heterocycles. The maximum Gasteiger partial charge on any atom is 0.331 e. The van der Waals surface area contributed by atoms with Crippen LogP contribution in [0.1, 0.15) is 49.0 Å². The average Bonchev–Trinajstić information content (AvgIpc) is 3.27. The first-order valence-corrected chi connectivity index (χ1v) is 12.4. The summed E-state index contributed by atoms with van der Waals surface area (Å²) < 4.78 is 20.5. The molecule has 0 saturated carbocycles. The van der Waals surface area contributed by atoms with E-state index in [-0.39, 0.29) is 37.6 Å². The summed E-state index contributed by atoms with van der Waals surface area (Å²) in [6, 6.07) is 7.63. The number of carboxylic acids is 1. The molecule has 2 N–H and O–H groups in total. The maximum atomic E-state index is 15.0. The van der Waals surface area contributed by atoms with Crippen LogP contribution in [0.15, 0.2) is 41.3 Å². The van der Waals surface area contributed by atoms with E-state index in [1.807, 2.05) is 0 Å². The van der Waals surface area contributed by atoms with E-state index >= 15 is 0 Å². The van der Waals surface area contributed by atoms with Crippen LogP contribution >= 0.6 is 34.5 Å². The van der Waals surface area contributed by atoms with Gasteiger partial charge in [-0.15, -0.1) is 11.3 Å². The van der Waals surface area contributed by atoms with Gasteiger partial charge < -0.3 is 9.84 Å². The van der Waals surface area contributed by atoms with Gasteiger partial charge in [-0.2, -0.15) is 0 Å². The first-order chi connectivity index (χ1) is 16.7. The predicted molar refractivity (Wildman–Crippen MR) is 138 cm³/mol. The Morgan fingerprint density at radius 2 is 1.94 bits per heavy atom. The number of rotatable bonds is 10. The number of hydrogen-bond acceptors (Lipinski definition) is 5. The lowest BCUT2D eigenvalue weighted by Crippen LogP contribution is -2.12. The van der Waals surface area contributed by atoms with Gasteiger partial charge in [0.1, 0.15) is 0 Å². The Hall–Kier alpha value is -2.94. The number of hydrogen-bond donors (Lipinski definition) is 2. The van der Waals surface area contributed by atoms with Gasteiger partial charge >= 0.3 is 5.97 Å². The van der Waals surface area contributed by atoms with Crippen molar-refractivity contribution >= 4 is 57.6 Å². The normalized spacial score (nSPS) is 11.4. The van der Waals surface area contributed by atoms with Gasteiger partial charge in [0.05, 0.1) is 22.3 Å². The molecule has 3 rings (SSSR count). The monoisotopic (exact) mass is 536 g/mol. The zero-order valence-corrected chi connectivity index (χ0v) is 21.4. The number of nitrogens with zero attached hydrogens (tertiary/aromatic N) is 1. The summed E-state index contributed by atoms with van der Waals surface area (Å²) in [7, 11) is 0. The van der Waals surface area contributed by atoms with Gasteiger partial charge in [0.15, 0.2) is 16.7 Å². The molecule has 3 aromatic rings. The number of amides is 1. The number of halogens is 3. The van der Waals surface area contributed by atoms with Gasteiger partial charge in [-0.1, -0.05) is 49.0 Å². The van der Waals surface area contributed by atoms with E-state index in [4.69, 9.17) is 33.0 Å². The van der Waals surface area contributed by atoms with Crippen molar-refractivity contribution in [3.8, 4) is 17.0 Å². The molecule has 1 heterocycles. The Bertz CT molecular complexity index is 1250. The van der Waals surface area contributed by atoms with Crippen molar-refractivity contribution in [2.24, 2.45) is 0 Å². The van der Waals surface area contributed by atoms with Crippen LogP contribution in [0, 0.1) is 5.82 Å². The van der Waals surface area contributed by atoms with Gasteiger partial charge in [0, 0.05) is 27.6 Å². The van der Waals surface area contributed by atoms with Gasteiger partial charge in [0.2, 0.25) is 0 Å². The molecule has 0 radical (unpaired) electrons. The summed E-state index contributed by atoms with van der Waals surface area (Å²) >= 11 is 13.6. The quantitative estimate of drug-likeness (QED) is 0.206. The van der Waals surface area contributed by atoms with E-state index in [1.165, 1.54) is 25.1 Å². The van der Waals surface area contributed by atoms with Gasteiger partial charge in [-0.05, 0) is 43.7 Å². The SMILES string of the molecule is CCCCCOc1cccc(-c2csc(NC(=O)c3cc(Cl)c(/C=C(/C)C(=O)O)c(Cl)c3)n2)c1F. The first-order valence-electron chi connectivity index (χ1n) is 10.8. The number of anilines is 1. The summed E-state index contributed by atoms with van der Waals surface area (Å²) in [5.41, 5.74) is 1.14. The topological polar surface area (TPSA) is 88.5 Å². The molecule has 0 fully saturated rings. The molecular weight excluding hydrogens is 514 g/mol. The van der Waals surface area contributed by atoms with Gasteiger partial charge in [-0.25, -0.2) is 14.2 Å². The summed E-state index contributed by atoms with van der Waals surface area (Å²) in [6.45, 7) is 3.92. The fraction of sp³-hybridized carbons (Fsp3) is 0.240. The molecule has 0 atom stereocenters. The van der Waals surface area contributed by atoms with Crippen LogP contribution < -0.4 is 10.1 Å². The Morgan fingerprint density at radius 3 is 2.60 bits per heavy atom. The van der Waals surface area contributed by atoms with Crippen LogP contribution in [0.4, 0.5) is 9.52 Å². The van der Waals surface area contributed by atoms with E-state index in [0.717, 1.165) is 30.6 Å². The molecule has 0 unspecified atom stereocenters. The van der Waals surface area contributed by atoms with Crippen LogP contribution in [0.25, 0.3) is 17.3 Å². The molecule has 0 spiro atoms. The number of nitrogens with one attached hydrogen (secondary N) is 1. The minimum absolute atomic E-state index is 0.0453. The number of aromatic nitrogens is 1. The van der Waals surface area contributed by atoms with Crippen molar-refractivity contribution in [2.45, 2.75) is 33.1 Å². The minimum Gasteiger partial charge on any atom is -0.490 e. The number of carbonyl (C=O) groups excluding carboxylic acids is 1. The van der Waals surface area contributed by atoms with Crippen LogP contribution in [0.5, 0.6) is 5.75 Å². The highest BCUT2D eigenvalue weighted by molar-refractivity contribution is 7.14. The highest BCUT2D eigenvalue weighted by Crippen LogP contribution is 2.33. The second kappa shape index (κ2) is 12.2. The Morgan fingerprint density at radius 1 is 1.23 bits per heavy atom. The van der Waals surface area contributed by atoms with Crippen molar-refractivity contribution in [1.29, 1.82) is 0 Å². The van der Waals surface area contributed by atoms with Crippen molar-refractivity contribution in [3.63, 3.8) is 0 Å². The molecule has 2 aromatic carbocycles. The van der Waals surface area contributed by atoms with Crippen LogP contribution in [-0.4, -0.2) is 28.6 Å².